The van der Waals surface area contributed by atoms with Gasteiger partial charge in [0, 0.05) is 45.0 Å². The second-order valence-corrected chi connectivity index (χ2v) is 10.9. The van der Waals surface area contributed by atoms with Crippen molar-refractivity contribution in [3.05, 3.63) is 0 Å². The molecule has 0 aromatic carbocycles. The van der Waals surface area contributed by atoms with Gasteiger partial charge < -0.3 is 20.5 Å². The molecule has 0 spiro atoms. The van der Waals surface area contributed by atoms with Crippen molar-refractivity contribution >= 4 is 16.0 Å². The van der Waals surface area contributed by atoms with Gasteiger partial charge in [-0.25, -0.2) is 4.39 Å². The molecule has 3 N–H and O–H groups in total. The number of hydrogen-bond acceptors (Lipinski definition) is 7. The van der Waals surface area contributed by atoms with Gasteiger partial charge in [-0.15, -0.1) is 0 Å². The van der Waals surface area contributed by atoms with Crippen LogP contribution in [0.3, 0.4) is 0 Å². The van der Waals surface area contributed by atoms with Crippen LogP contribution in [-0.2, 0) is 15.5 Å². The van der Waals surface area contributed by atoms with Crippen LogP contribution >= 0.6 is 0 Å². The second-order valence-electron chi connectivity index (χ2n) is 9.47. The lowest BCUT2D eigenvalue weighted by molar-refractivity contribution is -0.0136. The minimum absolute atomic E-state index is 0.0176. The minimum atomic E-state index is -1.20. The predicted molar refractivity (Wildman–Crippen MR) is 124 cm³/mol. The van der Waals surface area contributed by atoms with Crippen molar-refractivity contribution in [3.8, 4) is 0 Å². The largest absolute Gasteiger partial charge is 0.400 e. The quantitative estimate of drug-likeness (QED) is 0.586. The van der Waals surface area contributed by atoms with Gasteiger partial charge in [0.05, 0.1) is 29.0 Å². The number of methoxy groups -OCH3 is 1. The van der Waals surface area contributed by atoms with Crippen LogP contribution < -0.4 is 10.6 Å². The Morgan fingerprint density at radius 2 is 1.94 bits per heavy atom. The van der Waals surface area contributed by atoms with E-state index >= 15 is 0 Å². The van der Waals surface area contributed by atoms with Crippen molar-refractivity contribution in [3.63, 3.8) is 0 Å². The molecule has 9 heteroatoms. The zero-order valence-corrected chi connectivity index (χ0v) is 20.2. The molecule has 7 nitrogen and oxygen atoms in total. The minimum Gasteiger partial charge on any atom is -0.400 e. The molecule has 1 aliphatic carbocycles. The molecule has 31 heavy (non-hydrogen) atoms. The number of nitrogens with zero attached hydrogens (tertiary/aromatic N) is 2. The summed E-state index contributed by atoms with van der Waals surface area (Å²) in [6, 6.07) is 0.167. The number of piperidine rings is 2. The molecule has 9 unspecified atom stereocenters. The standard InChI is InChI=1S/C21H37FN4O2S.CH4O/c1-13-11-23-18(14(2)20(13)28-3)12-29(27)21-24-16-9-15(22)19(10-17(16)25-21)26-7-5-4-6-8-26;1-2/h13-20,23H,4-12H2,1-3H3,(H,24,25);2H,1H3. The SMILES string of the molecule is CO.COC1C(C)CNC(CS(=O)C2=NC3CC(F)C(N4CCCCC4)CC3N2)C1C. The number of fused-ring (bicyclic) bond motifs is 1. The highest BCUT2D eigenvalue weighted by atomic mass is 32.2. The highest BCUT2D eigenvalue weighted by Crippen LogP contribution is 2.32. The van der Waals surface area contributed by atoms with E-state index in [0.29, 0.717) is 23.3 Å². The fraction of sp³-hybridized carbons (Fsp3) is 0.955. The Labute approximate surface area is 189 Å². The third kappa shape index (κ3) is 5.66. The van der Waals surface area contributed by atoms with Crippen LogP contribution in [0.1, 0.15) is 46.0 Å². The van der Waals surface area contributed by atoms with Crippen LogP contribution in [-0.4, -0.2) is 95.4 Å². The number of aliphatic hydroxyl groups is 1. The smallest absolute Gasteiger partial charge is 0.188 e. The maximum Gasteiger partial charge on any atom is 0.188 e. The van der Waals surface area contributed by atoms with Crippen LogP contribution in [0.4, 0.5) is 4.39 Å². The second kappa shape index (κ2) is 11.5. The van der Waals surface area contributed by atoms with E-state index < -0.39 is 17.0 Å². The predicted octanol–water partition coefficient (Wildman–Crippen LogP) is 1.29. The van der Waals surface area contributed by atoms with E-state index in [9.17, 15) is 8.60 Å². The summed E-state index contributed by atoms with van der Waals surface area (Å²) in [5.41, 5.74) is 0. The number of hydrogen-bond donors (Lipinski definition) is 3. The van der Waals surface area contributed by atoms with Crippen molar-refractivity contribution < 1.29 is 18.4 Å². The third-order valence-electron chi connectivity index (χ3n) is 7.53. The summed E-state index contributed by atoms with van der Waals surface area (Å²) in [7, 11) is 1.56. The van der Waals surface area contributed by atoms with Gasteiger partial charge >= 0.3 is 0 Å². The van der Waals surface area contributed by atoms with Crippen LogP contribution in [0.25, 0.3) is 0 Å². The summed E-state index contributed by atoms with van der Waals surface area (Å²) in [4.78, 5) is 7.01. The van der Waals surface area contributed by atoms with Crippen molar-refractivity contribution in [2.45, 2.75) is 82.4 Å². The van der Waals surface area contributed by atoms with Crippen LogP contribution in [0.15, 0.2) is 4.99 Å². The molecule has 2 saturated heterocycles. The number of alkyl halides is 1. The number of ether oxygens (including phenoxy) is 1. The Morgan fingerprint density at radius 3 is 2.61 bits per heavy atom. The molecule has 180 valence electrons. The summed E-state index contributed by atoms with van der Waals surface area (Å²) < 4.78 is 33.7. The normalized spacial score (nSPS) is 41.9. The Bertz CT molecular complexity index is 634. The molecule has 0 amide bonds. The molecule has 4 aliphatic rings. The summed E-state index contributed by atoms with van der Waals surface area (Å²) in [6.07, 6.45) is 4.15. The molecule has 3 fully saturated rings. The molecule has 3 heterocycles. The number of rotatable bonds is 4. The Kier molecular flexibility index (Phi) is 9.28. The summed E-state index contributed by atoms with van der Waals surface area (Å²) >= 11 is 0. The van der Waals surface area contributed by atoms with Gasteiger partial charge in [-0.3, -0.25) is 14.1 Å². The topological polar surface area (TPSA) is 86.2 Å². The fourth-order valence-corrected chi connectivity index (χ4v) is 7.24. The third-order valence-corrected chi connectivity index (χ3v) is 8.85. The molecule has 3 aliphatic heterocycles. The van der Waals surface area contributed by atoms with E-state index in [1.54, 1.807) is 7.11 Å². The summed E-state index contributed by atoms with van der Waals surface area (Å²) in [6.45, 7) is 7.24. The van der Waals surface area contributed by atoms with E-state index in [4.69, 9.17) is 9.84 Å². The number of nitrogens with one attached hydrogen (secondary N) is 2. The zero-order chi connectivity index (χ0) is 22.5. The first-order valence-electron chi connectivity index (χ1n) is 11.8. The Balaban J connectivity index is 0.00000132. The number of amidine groups is 1. The highest BCUT2D eigenvalue weighted by Gasteiger charge is 2.44. The van der Waals surface area contributed by atoms with Gasteiger partial charge in [0.15, 0.2) is 5.17 Å². The first-order valence-corrected chi connectivity index (χ1v) is 13.1. The summed E-state index contributed by atoms with van der Waals surface area (Å²) in [5, 5.41) is 14.5. The van der Waals surface area contributed by atoms with E-state index in [2.05, 4.69) is 34.4 Å². The zero-order valence-electron chi connectivity index (χ0n) is 19.4. The van der Waals surface area contributed by atoms with Gasteiger partial charge in [-0.2, -0.15) is 0 Å². The van der Waals surface area contributed by atoms with Gasteiger partial charge in [0.2, 0.25) is 0 Å². The molecule has 9 atom stereocenters. The number of halogens is 1. The average Bonchev–Trinajstić information content (AvgIpc) is 3.20. The Morgan fingerprint density at radius 1 is 1.23 bits per heavy atom. The van der Waals surface area contributed by atoms with Crippen molar-refractivity contribution in [2.75, 3.05) is 39.6 Å². The van der Waals surface area contributed by atoms with E-state index in [0.717, 1.165) is 33.2 Å². The maximum absolute atomic E-state index is 14.9. The maximum atomic E-state index is 14.9. The van der Waals surface area contributed by atoms with Crippen LogP contribution in [0.5, 0.6) is 0 Å². The molecular weight excluding hydrogens is 419 g/mol. The van der Waals surface area contributed by atoms with E-state index in [1.165, 1.54) is 19.3 Å². The first kappa shape index (κ1) is 25.0. The summed E-state index contributed by atoms with van der Waals surface area (Å²) in [5.74, 6) is 1.25. The molecule has 0 aromatic heterocycles. The average molecular weight is 461 g/mol. The van der Waals surface area contributed by atoms with E-state index in [-0.39, 0.29) is 36.2 Å². The lowest BCUT2D eigenvalue weighted by Crippen LogP contribution is -2.56. The van der Waals surface area contributed by atoms with Crippen molar-refractivity contribution in [1.29, 1.82) is 0 Å². The monoisotopic (exact) mass is 460 g/mol. The number of aliphatic hydroxyl groups excluding tert-OH is 1. The van der Waals surface area contributed by atoms with Crippen LogP contribution in [0, 0.1) is 11.8 Å². The molecular formula is C22H41FN4O3S. The van der Waals surface area contributed by atoms with Gasteiger partial charge in [-0.1, -0.05) is 20.3 Å². The molecule has 0 radical (unpaired) electrons. The van der Waals surface area contributed by atoms with Crippen LogP contribution in [0.2, 0.25) is 0 Å². The lowest BCUT2D eigenvalue weighted by Gasteiger charge is -2.42. The van der Waals surface area contributed by atoms with E-state index in [1.807, 2.05) is 0 Å². The number of likely N-dealkylation sites (tertiary alicyclic amines) is 1. The molecule has 0 bridgehead atoms. The Hall–Kier alpha value is -0.610. The molecule has 4 rings (SSSR count). The molecule has 0 aromatic rings. The fourth-order valence-electron chi connectivity index (χ4n) is 5.80. The highest BCUT2D eigenvalue weighted by molar-refractivity contribution is 8.00. The first-order chi connectivity index (χ1) is 15.0. The van der Waals surface area contributed by atoms with Crippen molar-refractivity contribution in [1.82, 2.24) is 15.5 Å². The number of aliphatic imine (C=N–C) groups is 1. The van der Waals surface area contributed by atoms with Gasteiger partial charge in [0.25, 0.3) is 0 Å². The lowest BCUT2D eigenvalue weighted by atomic mass is 9.84. The van der Waals surface area contributed by atoms with Gasteiger partial charge in [0.1, 0.15) is 6.17 Å². The van der Waals surface area contributed by atoms with Crippen molar-refractivity contribution in [2.24, 2.45) is 16.8 Å². The molecule has 1 saturated carbocycles. The van der Waals surface area contributed by atoms with Gasteiger partial charge in [-0.05, 0) is 44.2 Å².